The zero-order valence-electron chi connectivity index (χ0n) is 9.28. The number of aliphatic hydroxyl groups is 1. The lowest BCUT2D eigenvalue weighted by atomic mass is 10.3. The lowest BCUT2D eigenvalue weighted by molar-refractivity contribution is -0.682. The van der Waals surface area contributed by atoms with E-state index in [-0.39, 0.29) is 5.69 Å². The smallest absolute Gasteiger partial charge is 0.367 e. The zero-order valence-corrected chi connectivity index (χ0v) is 11.1. The van der Waals surface area contributed by atoms with Crippen LogP contribution < -0.4 is 4.57 Å². The van der Waals surface area contributed by atoms with E-state index in [1.165, 1.54) is 30.2 Å². The van der Waals surface area contributed by atoms with Crippen LogP contribution in [-0.4, -0.2) is 34.7 Å². The third-order valence-electron chi connectivity index (χ3n) is 2.40. The highest BCUT2D eigenvalue weighted by molar-refractivity contribution is 7.72. The molecule has 0 aliphatic carbocycles. The molecule has 0 unspecified atom stereocenters. The first kappa shape index (κ1) is 15.4. The molecule has 11 heteroatoms. The number of aryl methyl sites for hydroxylation is 1. The molecule has 1 rings (SSSR count). The van der Waals surface area contributed by atoms with Crippen molar-refractivity contribution in [2.24, 2.45) is 7.05 Å². The molecule has 0 aromatic carbocycles. The third-order valence-corrected chi connectivity index (χ3v) is 6.14. The van der Waals surface area contributed by atoms with Gasteiger partial charge in [0.1, 0.15) is 11.9 Å². The van der Waals surface area contributed by atoms with Crippen LogP contribution >= 0.6 is 15.2 Å². The molecule has 0 saturated heterocycles. The summed E-state index contributed by atoms with van der Waals surface area (Å²) in [5, 5.41) is 6.26. The van der Waals surface area contributed by atoms with Gasteiger partial charge in [0.25, 0.3) is 11.4 Å². The maximum Gasteiger partial charge on any atom is 0.369 e. The Labute approximate surface area is 102 Å². The van der Waals surface area contributed by atoms with Gasteiger partial charge in [0.2, 0.25) is 0 Å². The monoisotopic (exact) mass is 299 g/mol. The molecule has 0 fully saturated rings. The van der Waals surface area contributed by atoms with Crippen molar-refractivity contribution >= 4 is 15.2 Å². The lowest BCUT2D eigenvalue weighted by Crippen LogP contribution is -2.40. The number of nitrogens with zero attached hydrogens (tertiary/aromatic N) is 2. The average Bonchev–Trinajstić information content (AvgIpc) is 2.18. The number of rotatable bonds is 4. The summed E-state index contributed by atoms with van der Waals surface area (Å²) < 4.78 is 23.6. The lowest BCUT2D eigenvalue weighted by Gasteiger charge is -2.28. The van der Waals surface area contributed by atoms with Crippen LogP contribution in [0.5, 0.6) is 0 Å². The Kier molecular flexibility index (Phi) is 4.10. The molecule has 5 N–H and O–H groups in total. The number of aromatic nitrogens is 2. The highest BCUT2D eigenvalue weighted by Crippen LogP contribution is 2.68. The predicted octanol–water partition coefficient (Wildman–Crippen LogP) is -1.55. The van der Waals surface area contributed by atoms with Gasteiger partial charge in [0, 0.05) is 6.07 Å². The molecule has 1 aromatic rings. The molecule has 9 nitrogen and oxygen atoms in total. The SMILES string of the molecule is C[n+]1cnccc1CC(O)(P(=O)(O)O)P(=O)(O)O. The number of hydrogen-bond donors (Lipinski definition) is 5. The molecule has 0 amide bonds. The number of hydrogen-bond acceptors (Lipinski definition) is 4. The van der Waals surface area contributed by atoms with E-state index in [1.807, 2.05) is 0 Å². The molecule has 0 aliphatic heterocycles. The van der Waals surface area contributed by atoms with Gasteiger partial charge < -0.3 is 24.7 Å². The normalized spacial score (nSPS) is 13.7. The summed E-state index contributed by atoms with van der Waals surface area (Å²) in [6.07, 6.45) is 1.64. The van der Waals surface area contributed by atoms with Crippen molar-refractivity contribution < 1.29 is 38.4 Å². The van der Waals surface area contributed by atoms with Crippen LogP contribution in [0.25, 0.3) is 0 Å². The quantitative estimate of drug-likeness (QED) is 0.331. The van der Waals surface area contributed by atoms with Crippen molar-refractivity contribution in [3.63, 3.8) is 0 Å². The minimum atomic E-state index is -5.44. The van der Waals surface area contributed by atoms with E-state index in [2.05, 4.69) is 4.98 Å². The zero-order chi connectivity index (χ0) is 14.2. The molecular weight excluding hydrogens is 286 g/mol. The van der Waals surface area contributed by atoms with Crippen molar-refractivity contribution in [1.82, 2.24) is 4.98 Å². The second-order valence-corrected chi connectivity index (χ2v) is 7.73. The topological polar surface area (TPSA) is 152 Å². The van der Waals surface area contributed by atoms with E-state index >= 15 is 0 Å². The molecule has 1 heterocycles. The summed E-state index contributed by atoms with van der Waals surface area (Å²) in [5.74, 6) is 0. The molecule has 0 spiro atoms. The van der Waals surface area contributed by atoms with E-state index in [0.717, 1.165) is 0 Å². The van der Waals surface area contributed by atoms with Gasteiger partial charge in [0.05, 0.1) is 13.5 Å². The van der Waals surface area contributed by atoms with E-state index in [4.69, 9.17) is 19.6 Å². The highest BCUT2D eigenvalue weighted by Gasteiger charge is 2.60. The predicted molar refractivity (Wildman–Crippen MR) is 58.2 cm³/mol. The maximum absolute atomic E-state index is 11.1. The van der Waals surface area contributed by atoms with Gasteiger partial charge >= 0.3 is 15.2 Å². The van der Waals surface area contributed by atoms with Gasteiger partial charge in [-0.1, -0.05) is 4.98 Å². The first-order valence-corrected chi connectivity index (χ1v) is 7.84. The Bertz CT molecular complexity index is 514. The van der Waals surface area contributed by atoms with Crippen molar-refractivity contribution in [2.75, 3.05) is 0 Å². The Morgan fingerprint density at radius 1 is 1.28 bits per heavy atom. The summed E-state index contributed by atoms with van der Waals surface area (Å²) in [7, 11) is -9.41. The second kappa shape index (κ2) is 4.79. The maximum atomic E-state index is 11.1. The fourth-order valence-electron chi connectivity index (χ4n) is 1.26. The van der Waals surface area contributed by atoms with Crippen molar-refractivity contribution in [3.8, 4) is 0 Å². The van der Waals surface area contributed by atoms with Gasteiger partial charge in [-0.3, -0.25) is 9.13 Å². The van der Waals surface area contributed by atoms with Gasteiger partial charge in [0.15, 0.2) is 0 Å². The summed E-state index contributed by atoms with van der Waals surface area (Å²) in [6.45, 7) is 0. The van der Waals surface area contributed by atoms with Crippen LogP contribution in [0.2, 0.25) is 0 Å². The highest BCUT2D eigenvalue weighted by atomic mass is 31.2. The second-order valence-electron chi connectivity index (χ2n) is 3.72. The van der Waals surface area contributed by atoms with E-state index < -0.39 is 26.7 Å². The molecule has 1 aromatic heterocycles. The van der Waals surface area contributed by atoms with Crippen LogP contribution in [0.15, 0.2) is 18.6 Å². The van der Waals surface area contributed by atoms with Crippen LogP contribution in [0.4, 0.5) is 0 Å². The van der Waals surface area contributed by atoms with Gasteiger partial charge in [-0.25, -0.2) is 4.57 Å². The molecule has 0 bridgehead atoms. The first-order chi connectivity index (χ1) is 7.99. The van der Waals surface area contributed by atoms with Crippen LogP contribution in [0, 0.1) is 0 Å². The van der Waals surface area contributed by atoms with E-state index in [9.17, 15) is 14.2 Å². The standard InChI is InChI=1S/C7H12N2O7P2/c1-9-5-8-3-2-6(9)4-7(10,17(11,12)13)18(14,15)16/h2-3,5,10H,4H2,1H3,(H3-,11,12,13,14,15,16)/p+1. The molecule has 102 valence electrons. The fraction of sp³-hybridized carbons (Fsp3) is 0.429. The summed E-state index contributed by atoms with van der Waals surface area (Å²) >= 11 is 0. The van der Waals surface area contributed by atoms with Crippen LogP contribution in [0.1, 0.15) is 5.69 Å². The minimum absolute atomic E-state index is 0.110. The first-order valence-electron chi connectivity index (χ1n) is 4.61. The molecule has 0 radical (unpaired) electrons. The van der Waals surface area contributed by atoms with Crippen molar-refractivity contribution in [1.29, 1.82) is 0 Å². The van der Waals surface area contributed by atoms with E-state index in [1.54, 1.807) is 0 Å². The van der Waals surface area contributed by atoms with Crippen molar-refractivity contribution in [2.45, 2.75) is 11.5 Å². The van der Waals surface area contributed by atoms with E-state index in [0.29, 0.717) is 0 Å². The average molecular weight is 299 g/mol. The van der Waals surface area contributed by atoms with Gasteiger partial charge in [-0.15, -0.1) is 0 Å². The summed E-state index contributed by atoms with van der Waals surface area (Å²) in [5.41, 5.74) is 0.110. The molecule has 18 heavy (non-hydrogen) atoms. The Hall–Kier alpha value is -0.660. The van der Waals surface area contributed by atoms with Crippen LogP contribution in [-0.2, 0) is 22.6 Å². The van der Waals surface area contributed by atoms with Crippen molar-refractivity contribution in [3.05, 3.63) is 24.3 Å². The molecule has 0 atom stereocenters. The Morgan fingerprint density at radius 3 is 2.17 bits per heavy atom. The Morgan fingerprint density at radius 2 is 1.78 bits per heavy atom. The largest absolute Gasteiger partial charge is 0.369 e. The fourth-order valence-corrected chi connectivity index (χ4v) is 3.36. The van der Waals surface area contributed by atoms with Gasteiger partial charge in [-0.2, -0.15) is 0 Å². The molecule has 0 saturated carbocycles. The molecular formula is C7H13N2O7P2+. The minimum Gasteiger partial charge on any atom is -0.367 e. The third kappa shape index (κ3) is 2.84. The molecule has 0 aliphatic rings. The van der Waals surface area contributed by atoms with Crippen LogP contribution in [0.3, 0.4) is 0 Å². The summed E-state index contributed by atoms with van der Waals surface area (Å²) in [6, 6.07) is 1.29. The Balaban J connectivity index is 3.30. The summed E-state index contributed by atoms with van der Waals surface area (Å²) in [4.78, 5) is 39.6. The van der Waals surface area contributed by atoms with Gasteiger partial charge in [-0.05, 0) is 0 Å².